The summed E-state index contributed by atoms with van der Waals surface area (Å²) < 4.78 is 10.5. The largest absolute Gasteiger partial charge is 0.448 e. The topological polar surface area (TPSA) is 94.1 Å². The number of hydrogen-bond acceptors (Lipinski definition) is 6. The molecule has 23 heavy (non-hydrogen) atoms. The Morgan fingerprint density at radius 1 is 1.22 bits per heavy atom. The minimum absolute atomic E-state index is 0.167. The first-order chi connectivity index (χ1) is 11.3. The molecule has 7 heteroatoms. The van der Waals surface area contributed by atoms with E-state index in [1.807, 2.05) is 30.3 Å². The summed E-state index contributed by atoms with van der Waals surface area (Å²) >= 11 is 0. The van der Waals surface area contributed by atoms with Crippen LogP contribution in [0.4, 0.5) is 0 Å². The van der Waals surface area contributed by atoms with Crippen LogP contribution in [0, 0.1) is 0 Å². The van der Waals surface area contributed by atoms with Crippen molar-refractivity contribution in [2.75, 3.05) is 0 Å². The van der Waals surface area contributed by atoms with E-state index in [0.717, 1.165) is 18.4 Å². The Kier molecular flexibility index (Phi) is 3.38. The first-order valence-electron chi connectivity index (χ1n) is 7.41. The summed E-state index contributed by atoms with van der Waals surface area (Å²) in [6.45, 7) is 0.167. The Balaban J connectivity index is 1.38. The highest BCUT2D eigenvalue weighted by Crippen LogP contribution is 2.39. The molecule has 0 radical (unpaired) electrons. The highest BCUT2D eigenvalue weighted by atomic mass is 16.5. The van der Waals surface area contributed by atoms with Gasteiger partial charge in [-0.15, -0.1) is 0 Å². The van der Waals surface area contributed by atoms with Crippen molar-refractivity contribution in [1.82, 2.24) is 20.4 Å². The molecule has 1 fully saturated rings. The lowest BCUT2D eigenvalue weighted by atomic mass is 10.2. The van der Waals surface area contributed by atoms with E-state index < -0.39 is 0 Å². The van der Waals surface area contributed by atoms with Gasteiger partial charge in [-0.3, -0.25) is 4.79 Å². The minimum atomic E-state index is -0.313. The molecule has 0 unspecified atom stereocenters. The number of nitrogens with zero attached hydrogens (tertiary/aromatic N) is 3. The van der Waals surface area contributed by atoms with E-state index in [1.54, 1.807) is 0 Å². The van der Waals surface area contributed by atoms with Crippen LogP contribution in [-0.2, 0) is 6.54 Å². The van der Waals surface area contributed by atoms with Crippen molar-refractivity contribution in [2.24, 2.45) is 0 Å². The second kappa shape index (κ2) is 5.68. The van der Waals surface area contributed by atoms with Gasteiger partial charge in [0.1, 0.15) is 6.26 Å². The van der Waals surface area contributed by atoms with Crippen molar-refractivity contribution < 1.29 is 13.7 Å². The molecule has 4 rings (SSSR count). The molecule has 116 valence electrons. The zero-order chi connectivity index (χ0) is 15.6. The summed E-state index contributed by atoms with van der Waals surface area (Å²) in [7, 11) is 0. The van der Waals surface area contributed by atoms with Crippen molar-refractivity contribution in [1.29, 1.82) is 0 Å². The van der Waals surface area contributed by atoms with Crippen molar-refractivity contribution in [2.45, 2.75) is 25.3 Å². The molecule has 1 aliphatic rings. The lowest BCUT2D eigenvalue weighted by Gasteiger charge is -1.97. The summed E-state index contributed by atoms with van der Waals surface area (Å²) in [4.78, 5) is 20.5. The number of rotatable bonds is 5. The number of benzene rings is 1. The van der Waals surface area contributed by atoms with Gasteiger partial charge < -0.3 is 14.3 Å². The average Bonchev–Trinajstić information content (AvgIpc) is 3.14. The average molecular weight is 310 g/mol. The van der Waals surface area contributed by atoms with Gasteiger partial charge in [0.05, 0.1) is 6.54 Å². The molecule has 0 spiro atoms. The van der Waals surface area contributed by atoms with Crippen LogP contribution in [0.2, 0.25) is 0 Å². The molecular weight excluding hydrogens is 296 g/mol. The van der Waals surface area contributed by atoms with Crippen molar-refractivity contribution >= 4 is 5.91 Å². The Hall–Kier alpha value is -2.96. The van der Waals surface area contributed by atoms with E-state index in [4.69, 9.17) is 8.94 Å². The summed E-state index contributed by atoms with van der Waals surface area (Å²) in [6, 6.07) is 9.45. The van der Waals surface area contributed by atoms with E-state index in [9.17, 15) is 4.79 Å². The molecule has 1 N–H and O–H groups in total. The van der Waals surface area contributed by atoms with Crippen LogP contribution in [0.3, 0.4) is 0 Å². The van der Waals surface area contributed by atoms with Gasteiger partial charge in [-0.2, -0.15) is 4.98 Å². The molecule has 1 aliphatic carbocycles. The summed E-state index contributed by atoms with van der Waals surface area (Å²) in [5.74, 6) is 1.53. The number of hydrogen-bond donors (Lipinski definition) is 1. The summed E-state index contributed by atoms with van der Waals surface area (Å²) in [5, 5.41) is 6.56. The van der Waals surface area contributed by atoms with Crippen molar-refractivity contribution in [3.63, 3.8) is 0 Å². The van der Waals surface area contributed by atoms with Crippen molar-refractivity contribution in [3.05, 3.63) is 54.0 Å². The fourth-order valence-electron chi connectivity index (χ4n) is 2.18. The highest BCUT2D eigenvalue weighted by molar-refractivity contribution is 5.91. The van der Waals surface area contributed by atoms with E-state index in [0.29, 0.717) is 23.5 Å². The molecule has 2 aromatic heterocycles. The molecule has 0 bridgehead atoms. The lowest BCUT2D eigenvalue weighted by molar-refractivity contribution is 0.0944. The molecule has 0 aliphatic heterocycles. The Bertz CT molecular complexity index is 821. The first kappa shape index (κ1) is 13.7. The standard InChI is InChI=1S/C16H14N4O3/c21-14(12-9-22-15(18-12)11-6-7-11)17-8-13-19-16(23-20-13)10-4-2-1-3-5-10/h1-5,9,11H,6-8H2,(H,17,21). The van der Waals surface area contributed by atoms with Crippen LogP contribution in [-0.4, -0.2) is 21.0 Å². The molecule has 1 aromatic carbocycles. The number of carbonyl (C=O) groups excluding carboxylic acids is 1. The molecule has 1 amide bonds. The minimum Gasteiger partial charge on any atom is -0.448 e. The Morgan fingerprint density at radius 3 is 2.83 bits per heavy atom. The monoisotopic (exact) mass is 310 g/mol. The fourth-order valence-corrected chi connectivity index (χ4v) is 2.18. The summed E-state index contributed by atoms with van der Waals surface area (Å²) in [6.07, 6.45) is 3.54. The van der Waals surface area contributed by atoms with Gasteiger partial charge in [0.15, 0.2) is 17.4 Å². The van der Waals surface area contributed by atoms with Gasteiger partial charge >= 0.3 is 0 Å². The van der Waals surface area contributed by atoms with Gasteiger partial charge in [-0.1, -0.05) is 23.4 Å². The van der Waals surface area contributed by atoms with Gasteiger partial charge in [0.25, 0.3) is 11.8 Å². The molecule has 1 saturated carbocycles. The van der Waals surface area contributed by atoms with E-state index >= 15 is 0 Å². The zero-order valence-corrected chi connectivity index (χ0v) is 12.2. The third-order valence-corrected chi connectivity index (χ3v) is 3.58. The summed E-state index contributed by atoms with van der Waals surface area (Å²) in [5.41, 5.74) is 1.11. The number of oxazole rings is 1. The first-order valence-corrected chi connectivity index (χ1v) is 7.41. The zero-order valence-electron chi connectivity index (χ0n) is 12.2. The molecular formula is C16H14N4O3. The molecule has 7 nitrogen and oxygen atoms in total. The maximum absolute atomic E-state index is 12.0. The maximum Gasteiger partial charge on any atom is 0.273 e. The number of carbonyl (C=O) groups is 1. The van der Waals surface area contributed by atoms with Crippen LogP contribution >= 0.6 is 0 Å². The Morgan fingerprint density at radius 2 is 2.04 bits per heavy atom. The molecule has 0 saturated heterocycles. The highest BCUT2D eigenvalue weighted by Gasteiger charge is 2.29. The SMILES string of the molecule is O=C(NCc1noc(-c2ccccc2)n1)c1coc(C2CC2)n1. The van der Waals surface area contributed by atoms with E-state index in [2.05, 4.69) is 20.4 Å². The molecule has 2 heterocycles. The van der Waals surface area contributed by atoms with Crippen molar-refractivity contribution in [3.8, 4) is 11.5 Å². The van der Waals surface area contributed by atoms with Crippen LogP contribution in [0.25, 0.3) is 11.5 Å². The van der Waals surface area contributed by atoms with E-state index in [1.165, 1.54) is 6.26 Å². The van der Waals surface area contributed by atoms with Gasteiger partial charge in [-0.05, 0) is 25.0 Å². The van der Waals surface area contributed by atoms with Crippen LogP contribution in [0.15, 0.2) is 45.5 Å². The smallest absolute Gasteiger partial charge is 0.273 e. The number of amides is 1. The maximum atomic E-state index is 12.0. The predicted molar refractivity (Wildman–Crippen MR) is 79.4 cm³/mol. The normalized spacial score (nSPS) is 13.9. The van der Waals surface area contributed by atoms with Gasteiger partial charge in [0, 0.05) is 11.5 Å². The van der Waals surface area contributed by atoms with E-state index in [-0.39, 0.29) is 18.1 Å². The third-order valence-electron chi connectivity index (χ3n) is 3.58. The van der Waals surface area contributed by atoms with Crippen LogP contribution < -0.4 is 5.32 Å². The predicted octanol–water partition coefficient (Wildman–Crippen LogP) is 2.53. The van der Waals surface area contributed by atoms with Gasteiger partial charge in [0.2, 0.25) is 0 Å². The van der Waals surface area contributed by atoms with Crippen LogP contribution in [0.1, 0.15) is 41.0 Å². The second-order valence-corrected chi connectivity index (χ2v) is 5.41. The fraction of sp³-hybridized carbons (Fsp3) is 0.250. The Labute approximate surface area is 131 Å². The number of aromatic nitrogens is 3. The van der Waals surface area contributed by atoms with Crippen LogP contribution in [0.5, 0.6) is 0 Å². The quantitative estimate of drug-likeness (QED) is 0.778. The lowest BCUT2D eigenvalue weighted by Crippen LogP contribution is -2.23. The molecule has 3 aromatic rings. The number of nitrogens with one attached hydrogen (secondary N) is 1. The molecule has 0 atom stereocenters. The third kappa shape index (κ3) is 2.98. The van der Waals surface area contributed by atoms with Gasteiger partial charge in [-0.25, -0.2) is 4.98 Å². The second-order valence-electron chi connectivity index (χ2n) is 5.41.